The Morgan fingerprint density at radius 1 is 1.27 bits per heavy atom. The molecule has 0 radical (unpaired) electrons. The molecule has 3 aromatic heterocycles. The van der Waals surface area contributed by atoms with Crippen molar-refractivity contribution >= 4 is 22.6 Å². The number of halogens is 1. The third kappa shape index (κ3) is 3.49. The van der Waals surface area contributed by atoms with E-state index in [0.717, 1.165) is 5.56 Å². The highest BCUT2D eigenvalue weighted by molar-refractivity contribution is 6.30. The number of hydrogen-bond acceptors (Lipinski definition) is 7. The summed E-state index contributed by atoms with van der Waals surface area (Å²) in [6.07, 6.45) is 1.29. The zero-order valence-electron chi connectivity index (χ0n) is 16.0. The second kappa shape index (κ2) is 7.57. The van der Waals surface area contributed by atoms with Crippen LogP contribution in [-0.4, -0.2) is 24.3 Å². The van der Waals surface area contributed by atoms with Gasteiger partial charge in [-0.2, -0.15) is 9.94 Å². The van der Waals surface area contributed by atoms with Gasteiger partial charge in [-0.15, -0.1) is 5.10 Å². The molecule has 4 aromatic rings. The maximum atomic E-state index is 12.9. The number of rotatable bonds is 4. The SMILES string of the molecule is Cc1cc(C#N)nc2ncn(Cc3nn(C(C)c4ccc(Cl)cc4)c(=O)o3)c(=O)c12. The summed E-state index contributed by atoms with van der Waals surface area (Å²) in [4.78, 5) is 33.4. The first-order chi connectivity index (χ1) is 14.4. The molecule has 1 atom stereocenters. The molecule has 0 amide bonds. The van der Waals surface area contributed by atoms with Crippen LogP contribution < -0.4 is 11.3 Å². The number of aryl methyl sites for hydroxylation is 1. The smallest absolute Gasteiger partial charge is 0.390 e. The Bertz CT molecular complexity index is 1410. The zero-order valence-corrected chi connectivity index (χ0v) is 16.8. The third-order valence-electron chi connectivity index (χ3n) is 4.74. The van der Waals surface area contributed by atoms with Crippen LogP contribution in [0.2, 0.25) is 5.02 Å². The predicted octanol–water partition coefficient (Wildman–Crippen LogP) is 2.43. The van der Waals surface area contributed by atoms with Gasteiger partial charge in [0.15, 0.2) is 5.65 Å². The molecule has 1 unspecified atom stereocenters. The highest BCUT2D eigenvalue weighted by Gasteiger charge is 2.17. The molecular weight excluding hydrogens is 408 g/mol. The van der Waals surface area contributed by atoms with E-state index < -0.39 is 5.76 Å². The summed E-state index contributed by atoms with van der Waals surface area (Å²) in [6.45, 7) is 3.44. The second-order valence-electron chi connectivity index (χ2n) is 6.75. The molecule has 9 nitrogen and oxygen atoms in total. The Kier molecular flexibility index (Phi) is 4.93. The lowest BCUT2D eigenvalue weighted by Gasteiger charge is -2.10. The first-order valence-corrected chi connectivity index (χ1v) is 9.36. The van der Waals surface area contributed by atoms with Gasteiger partial charge < -0.3 is 4.42 Å². The molecule has 0 saturated carbocycles. The molecule has 0 aliphatic rings. The van der Waals surface area contributed by atoms with Gasteiger partial charge in [-0.25, -0.2) is 14.8 Å². The number of benzene rings is 1. The Balaban J connectivity index is 1.69. The van der Waals surface area contributed by atoms with Crippen molar-refractivity contribution < 1.29 is 4.42 Å². The Labute approximate surface area is 174 Å². The van der Waals surface area contributed by atoms with Crippen LogP contribution in [-0.2, 0) is 6.54 Å². The van der Waals surface area contributed by atoms with E-state index in [-0.39, 0.29) is 35.4 Å². The Morgan fingerprint density at radius 3 is 2.70 bits per heavy atom. The molecular formula is C20H15ClN6O3. The van der Waals surface area contributed by atoms with Crippen LogP contribution >= 0.6 is 11.6 Å². The molecule has 30 heavy (non-hydrogen) atoms. The van der Waals surface area contributed by atoms with E-state index in [9.17, 15) is 9.59 Å². The van der Waals surface area contributed by atoms with Crippen LogP contribution in [0.3, 0.4) is 0 Å². The minimum absolute atomic E-state index is 0.0725. The average molecular weight is 423 g/mol. The average Bonchev–Trinajstić information content (AvgIpc) is 3.09. The van der Waals surface area contributed by atoms with Crippen molar-refractivity contribution in [1.82, 2.24) is 24.3 Å². The van der Waals surface area contributed by atoms with E-state index in [1.54, 1.807) is 31.2 Å². The van der Waals surface area contributed by atoms with Crippen molar-refractivity contribution in [3.05, 3.63) is 85.3 Å². The quantitative estimate of drug-likeness (QED) is 0.495. The van der Waals surface area contributed by atoms with Gasteiger partial charge in [0.2, 0.25) is 5.89 Å². The molecule has 0 bridgehead atoms. The zero-order chi connectivity index (χ0) is 21.4. The summed E-state index contributed by atoms with van der Waals surface area (Å²) in [6, 6.07) is 10.2. The van der Waals surface area contributed by atoms with Crippen molar-refractivity contribution in [3.63, 3.8) is 0 Å². The highest BCUT2D eigenvalue weighted by Crippen LogP contribution is 2.18. The van der Waals surface area contributed by atoms with Crippen LogP contribution in [0, 0.1) is 18.3 Å². The number of pyridine rings is 1. The summed E-state index contributed by atoms with van der Waals surface area (Å²) in [5.74, 6) is -0.561. The van der Waals surface area contributed by atoms with E-state index >= 15 is 0 Å². The molecule has 0 saturated heterocycles. The van der Waals surface area contributed by atoms with E-state index in [4.69, 9.17) is 21.3 Å². The monoisotopic (exact) mass is 422 g/mol. The molecule has 10 heteroatoms. The molecule has 0 fully saturated rings. The van der Waals surface area contributed by atoms with Gasteiger partial charge >= 0.3 is 5.76 Å². The summed E-state index contributed by atoms with van der Waals surface area (Å²) in [7, 11) is 0. The van der Waals surface area contributed by atoms with Crippen LogP contribution in [0.15, 0.2) is 50.7 Å². The molecule has 150 valence electrons. The van der Waals surface area contributed by atoms with E-state index in [1.165, 1.54) is 21.6 Å². The van der Waals surface area contributed by atoms with Crippen LogP contribution in [0.5, 0.6) is 0 Å². The second-order valence-corrected chi connectivity index (χ2v) is 7.18. The lowest BCUT2D eigenvalue weighted by atomic mass is 10.1. The first kappa shape index (κ1) is 19.5. The number of nitrogens with zero attached hydrogens (tertiary/aromatic N) is 6. The van der Waals surface area contributed by atoms with Crippen LogP contribution in [0.4, 0.5) is 0 Å². The van der Waals surface area contributed by atoms with Gasteiger partial charge in [0.1, 0.15) is 24.6 Å². The number of aromatic nitrogens is 5. The van der Waals surface area contributed by atoms with E-state index in [1.807, 2.05) is 13.0 Å². The predicted molar refractivity (Wildman–Crippen MR) is 108 cm³/mol. The number of nitriles is 1. The highest BCUT2D eigenvalue weighted by atomic mass is 35.5. The third-order valence-corrected chi connectivity index (χ3v) is 4.99. The van der Waals surface area contributed by atoms with Crippen LogP contribution in [0.25, 0.3) is 11.0 Å². The van der Waals surface area contributed by atoms with Gasteiger partial charge in [0, 0.05) is 5.02 Å². The number of hydrogen-bond donors (Lipinski definition) is 0. The van der Waals surface area contributed by atoms with Crippen molar-refractivity contribution in [1.29, 1.82) is 5.26 Å². The lowest BCUT2D eigenvalue weighted by Crippen LogP contribution is -2.23. The van der Waals surface area contributed by atoms with Gasteiger partial charge in [0.05, 0.1) is 11.4 Å². The summed E-state index contributed by atoms with van der Waals surface area (Å²) in [5.41, 5.74) is 1.44. The topological polar surface area (TPSA) is 120 Å². The van der Waals surface area contributed by atoms with Crippen molar-refractivity contribution in [2.75, 3.05) is 0 Å². The van der Waals surface area contributed by atoms with Gasteiger partial charge in [-0.3, -0.25) is 9.36 Å². The number of fused-ring (bicyclic) bond motifs is 1. The summed E-state index contributed by atoms with van der Waals surface area (Å²) < 4.78 is 7.74. The molecule has 4 rings (SSSR count). The molecule has 1 aromatic carbocycles. The Morgan fingerprint density at radius 2 is 2.00 bits per heavy atom. The summed E-state index contributed by atoms with van der Waals surface area (Å²) >= 11 is 5.91. The normalized spacial score (nSPS) is 12.1. The molecule has 0 aliphatic carbocycles. The molecule has 0 aliphatic heterocycles. The standard InChI is InChI=1S/C20H15ClN6O3/c1-11-7-15(8-22)24-18-17(11)19(28)26(10-23-18)9-16-25-27(20(29)30-16)12(2)13-3-5-14(21)6-4-13/h3-7,10,12H,9H2,1-2H3. The molecule has 3 heterocycles. The fraction of sp³-hybridized carbons (Fsp3) is 0.200. The van der Waals surface area contributed by atoms with Gasteiger partial charge in [-0.1, -0.05) is 23.7 Å². The minimum Gasteiger partial charge on any atom is -0.390 e. The van der Waals surface area contributed by atoms with Crippen molar-refractivity contribution in [3.8, 4) is 6.07 Å². The summed E-state index contributed by atoms with van der Waals surface area (Å²) in [5, 5.41) is 14.2. The van der Waals surface area contributed by atoms with Crippen molar-refractivity contribution in [2.24, 2.45) is 0 Å². The van der Waals surface area contributed by atoms with Crippen molar-refractivity contribution in [2.45, 2.75) is 26.4 Å². The maximum absolute atomic E-state index is 12.9. The van der Waals surface area contributed by atoms with Gasteiger partial charge in [0.25, 0.3) is 5.56 Å². The largest absolute Gasteiger partial charge is 0.437 e. The fourth-order valence-corrected chi connectivity index (χ4v) is 3.30. The maximum Gasteiger partial charge on any atom is 0.437 e. The molecule has 0 spiro atoms. The molecule has 0 N–H and O–H groups in total. The van der Waals surface area contributed by atoms with E-state index in [0.29, 0.717) is 16.0 Å². The lowest BCUT2D eigenvalue weighted by molar-refractivity contribution is 0.428. The van der Waals surface area contributed by atoms with Crippen LogP contribution in [0.1, 0.15) is 35.7 Å². The minimum atomic E-state index is -0.634. The Hall–Kier alpha value is -3.77. The van der Waals surface area contributed by atoms with Gasteiger partial charge in [-0.05, 0) is 43.2 Å². The first-order valence-electron chi connectivity index (χ1n) is 8.98. The fourth-order valence-electron chi connectivity index (χ4n) is 3.17. The van der Waals surface area contributed by atoms with E-state index in [2.05, 4.69) is 15.1 Å².